The summed E-state index contributed by atoms with van der Waals surface area (Å²) in [4.78, 5) is 9.16. The van der Waals surface area contributed by atoms with Gasteiger partial charge in [0.15, 0.2) is 0 Å². The van der Waals surface area contributed by atoms with Gasteiger partial charge in [-0.25, -0.2) is 4.98 Å². The molecule has 0 saturated carbocycles. The molecule has 2 aromatic carbocycles. The summed E-state index contributed by atoms with van der Waals surface area (Å²) in [7, 11) is 0. The fourth-order valence-corrected chi connectivity index (χ4v) is 2.47. The van der Waals surface area contributed by atoms with Crippen molar-refractivity contribution in [3.8, 4) is 0 Å². The predicted molar refractivity (Wildman–Crippen MR) is 97.7 cm³/mol. The van der Waals surface area contributed by atoms with Gasteiger partial charge in [0, 0.05) is 22.6 Å². The Hall–Kier alpha value is -2.59. The number of hydrogen-bond donors (Lipinski definition) is 2. The zero-order valence-electron chi connectivity index (χ0n) is 12.8. The van der Waals surface area contributed by atoms with Gasteiger partial charge in [-0.05, 0) is 36.8 Å². The molecular weight excluding hydrogens is 308 g/mol. The van der Waals surface area contributed by atoms with Crippen molar-refractivity contribution in [3.05, 3.63) is 65.7 Å². The van der Waals surface area contributed by atoms with Crippen LogP contribution < -0.4 is 10.6 Å². The van der Waals surface area contributed by atoms with Crippen LogP contribution in [0.1, 0.15) is 5.56 Å². The van der Waals surface area contributed by atoms with Crippen molar-refractivity contribution in [2.24, 2.45) is 0 Å². The zero-order chi connectivity index (χ0) is 16.2. The second kappa shape index (κ2) is 6.67. The highest BCUT2D eigenvalue weighted by Crippen LogP contribution is 2.27. The summed E-state index contributed by atoms with van der Waals surface area (Å²) in [6, 6.07) is 13.6. The fourth-order valence-electron chi connectivity index (χ4n) is 2.30. The lowest BCUT2D eigenvalue weighted by molar-refractivity contribution is 1.18. The third-order valence-electron chi connectivity index (χ3n) is 3.53. The molecule has 2 N–H and O–H groups in total. The van der Waals surface area contributed by atoms with Crippen LogP contribution in [-0.2, 0) is 0 Å². The Kier molecular flexibility index (Phi) is 4.44. The molecule has 0 unspecified atom stereocenters. The van der Waals surface area contributed by atoms with Crippen LogP contribution in [0.5, 0.6) is 0 Å². The summed E-state index contributed by atoms with van der Waals surface area (Å²) >= 11 is 6.17. The summed E-state index contributed by atoms with van der Waals surface area (Å²) in [5.41, 5.74) is 2.73. The maximum Gasteiger partial charge on any atom is 0.229 e. The van der Waals surface area contributed by atoms with Crippen LogP contribution in [0.4, 0.5) is 17.5 Å². The Morgan fingerprint density at radius 1 is 1.13 bits per heavy atom. The molecule has 4 nitrogen and oxygen atoms in total. The minimum atomic E-state index is 0.528. The molecule has 0 bridgehead atoms. The second-order valence-corrected chi connectivity index (χ2v) is 5.53. The topological polar surface area (TPSA) is 49.8 Å². The summed E-state index contributed by atoms with van der Waals surface area (Å²) in [6.07, 6.45) is 1.80. The van der Waals surface area contributed by atoms with E-state index < -0.39 is 0 Å². The number of nitrogens with one attached hydrogen (secondary N) is 2. The monoisotopic (exact) mass is 324 g/mol. The van der Waals surface area contributed by atoms with Gasteiger partial charge in [-0.2, -0.15) is 4.98 Å². The van der Waals surface area contributed by atoms with E-state index in [-0.39, 0.29) is 0 Å². The maximum absolute atomic E-state index is 6.17. The molecule has 1 aromatic heterocycles. The quantitative estimate of drug-likeness (QED) is 0.653. The van der Waals surface area contributed by atoms with Crippen molar-refractivity contribution in [1.29, 1.82) is 0 Å². The molecule has 5 heteroatoms. The predicted octanol–water partition coefficient (Wildman–Crippen LogP) is 4.93. The Morgan fingerprint density at radius 3 is 2.78 bits per heavy atom. The van der Waals surface area contributed by atoms with Crippen LogP contribution in [0.3, 0.4) is 0 Å². The Bertz CT molecular complexity index is 861. The first-order valence-electron chi connectivity index (χ1n) is 7.32. The van der Waals surface area contributed by atoms with Crippen LogP contribution in [0.15, 0.2) is 55.1 Å². The van der Waals surface area contributed by atoms with Gasteiger partial charge in [0.2, 0.25) is 5.95 Å². The molecule has 0 spiro atoms. The minimum absolute atomic E-state index is 0.528. The van der Waals surface area contributed by atoms with E-state index in [9.17, 15) is 0 Å². The highest BCUT2D eigenvalue weighted by Gasteiger charge is 2.09. The van der Waals surface area contributed by atoms with Crippen LogP contribution >= 0.6 is 11.6 Å². The first-order valence-corrected chi connectivity index (χ1v) is 7.70. The molecule has 0 saturated heterocycles. The molecule has 0 aliphatic heterocycles. The molecule has 0 aliphatic carbocycles. The van der Waals surface area contributed by atoms with Gasteiger partial charge in [-0.15, -0.1) is 6.58 Å². The van der Waals surface area contributed by atoms with Crippen LogP contribution in [0.2, 0.25) is 5.02 Å². The van der Waals surface area contributed by atoms with E-state index in [1.165, 1.54) is 0 Å². The molecule has 0 aliphatic rings. The van der Waals surface area contributed by atoms with Gasteiger partial charge in [-0.3, -0.25) is 0 Å². The number of para-hydroxylation sites is 1. The number of halogens is 1. The summed E-state index contributed by atoms with van der Waals surface area (Å²) < 4.78 is 0. The SMILES string of the molecule is C=CCNc1nc(Nc2cccc(Cl)c2C)nc2ccccc12. The van der Waals surface area contributed by atoms with Crippen molar-refractivity contribution in [3.63, 3.8) is 0 Å². The Labute approximate surface area is 140 Å². The molecule has 3 aromatic rings. The third kappa shape index (κ3) is 3.27. The lowest BCUT2D eigenvalue weighted by atomic mass is 10.2. The lowest BCUT2D eigenvalue weighted by Gasteiger charge is -2.12. The van der Waals surface area contributed by atoms with E-state index in [0.29, 0.717) is 17.5 Å². The van der Waals surface area contributed by atoms with Crippen LogP contribution in [0, 0.1) is 6.92 Å². The van der Waals surface area contributed by atoms with Gasteiger partial charge in [-0.1, -0.05) is 35.9 Å². The highest BCUT2D eigenvalue weighted by atomic mass is 35.5. The van der Waals surface area contributed by atoms with Gasteiger partial charge in [0.05, 0.1) is 5.52 Å². The molecule has 0 fully saturated rings. The Balaban J connectivity index is 2.03. The fraction of sp³-hybridized carbons (Fsp3) is 0.111. The summed E-state index contributed by atoms with van der Waals surface area (Å²) in [6.45, 7) is 6.33. The van der Waals surface area contributed by atoms with E-state index in [2.05, 4.69) is 27.2 Å². The van der Waals surface area contributed by atoms with Gasteiger partial charge < -0.3 is 10.6 Å². The average molecular weight is 325 g/mol. The van der Waals surface area contributed by atoms with E-state index in [4.69, 9.17) is 11.6 Å². The number of rotatable bonds is 5. The molecule has 23 heavy (non-hydrogen) atoms. The molecule has 0 radical (unpaired) electrons. The van der Waals surface area contributed by atoms with Crippen LogP contribution in [0.25, 0.3) is 10.9 Å². The number of benzene rings is 2. The molecule has 3 rings (SSSR count). The number of anilines is 3. The highest BCUT2D eigenvalue weighted by molar-refractivity contribution is 6.31. The molecule has 1 heterocycles. The van der Waals surface area contributed by atoms with E-state index >= 15 is 0 Å². The maximum atomic E-state index is 6.17. The number of aromatic nitrogens is 2. The van der Waals surface area contributed by atoms with Crippen molar-refractivity contribution in [2.75, 3.05) is 17.2 Å². The lowest BCUT2D eigenvalue weighted by Crippen LogP contribution is -2.05. The van der Waals surface area contributed by atoms with Crippen molar-refractivity contribution < 1.29 is 0 Å². The first kappa shape index (κ1) is 15.3. The minimum Gasteiger partial charge on any atom is -0.366 e. The number of nitrogens with zero attached hydrogens (tertiary/aromatic N) is 2. The zero-order valence-corrected chi connectivity index (χ0v) is 13.6. The third-order valence-corrected chi connectivity index (χ3v) is 3.94. The van der Waals surface area contributed by atoms with Gasteiger partial charge in [0.1, 0.15) is 5.82 Å². The van der Waals surface area contributed by atoms with E-state index in [1.807, 2.05) is 49.4 Å². The van der Waals surface area contributed by atoms with Gasteiger partial charge >= 0.3 is 0 Å². The Morgan fingerprint density at radius 2 is 1.96 bits per heavy atom. The van der Waals surface area contributed by atoms with Crippen molar-refractivity contribution in [2.45, 2.75) is 6.92 Å². The van der Waals surface area contributed by atoms with E-state index in [0.717, 1.165) is 28.0 Å². The summed E-state index contributed by atoms with van der Waals surface area (Å²) in [5.74, 6) is 1.30. The molecular formula is C18H17ClN4. The first-order chi connectivity index (χ1) is 11.2. The second-order valence-electron chi connectivity index (χ2n) is 5.12. The number of hydrogen-bond acceptors (Lipinski definition) is 4. The van der Waals surface area contributed by atoms with Crippen molar-refractivity contribution >= 4 is 40.0 Å². The average Bonchev–Trinajstić information content (AvgIpc) is 2.57. The molecule has 116 valence electrons. The van der Waals surface area contributed by atoms with E-state index in [1.54, 1.807) is 6.08 Å². The number of fused-ring (bicyclic) bond motifs is 1. The van der Waals surface area contributed by atoms with Crippen molar-refractivity contribution in [1.82, 2.24) is 9.97 Å². The van der Waals surface area contributed by atoms with Gasteiger partial charge in [0.25, 0.3) is 0 Å². The molecule has 0 amide bonds. The van der Waals surface area contributed by atoms with Crippen LogP contribution in [-0.4, -0.2) is 16.5 Å². The molecule has 0 atom stereocenters. The standard InChI is InChI=1S/C18H17ClN4/c1-3-11-20-17-13-7-4-5-9-16(13)22-18(23-17)21-15-10-6-8-14(19)12(15)2/h3-10H,1,11H2,2H3,(H2,20,21,22,23). The summed E-state index contributed by atoms with van der Waals surface area (Å²) in [5, 5.41) is 8.19. The smallest absolute Gasteiger partial charge is 0.229 e. The normalized spacial score (nSPS) is 10.5. The largest absolute Gasteiger partial charge is 0.366 e.